The molecule has 1 aliphatic carbocycles. The minimum atomic E-state index is 0.278. The Morgan fingerprint density at radius 2 is 1.71 bits per heavy atom. The van der Waals surface area contributed by atoms with Gasteiger partial charge >= 0.3 is 0 Å². The van der Waals surface area contributed by atoms with Crippen LogP contribution in [0.2, 0.25) is 0 Å². The van der Waals surface area contributed by atoms with Crippen molar-refractivity contribution < 1.29 is 14.6 Å². The maximum atomic E-state index is 8.99. The van der Waals surface area contributed by atoms with Crippen LogP contribution in [0.3, 0.4) is 0 Å². The van der Waals surface area contributed by atoms with Gasteiger partial charge in [0.05, 0.1) is 12.7 Å². The molecule has 1 aliphatic rings. The van der Waals surface area contributed by atoms with Crippen molar-refractivity contribution in [1.82, 2.24) is 0 Å². The molecule has 2 aromatic rings. The van der Waals surface area contributed by atoms with Crippen molar-refractivity contribution >= 4 is 0 Å². The van der Waals surface area contributed by atoms with E-state index in [1.54, 1.807) is 0 Å². The van der Waals surface area contributed by atoms with Crippen molar-refractivity contribution in [3.05, 3.63) is 60.2 Å². The Hall–Kier alpha value is -1.84. The summed E-state index contributed by atoms with van der Waals surface area (Å²) < 4.78 is 11.6. The molecule has 1 fully saturated rings. The van der Waals surface area contributed by atoms with Gasteiger partial charge in [0, 0.05) is 6.61 Å². The summed E-state index contributed by atoms with van der Waals surface area (Å²) in [6.45, 7) is 0.870. The van der Waals surface area contributed by atoms with Crippen molar-refractivity contribution in [2.75, 3.05) is 6.61 Å². The summed E-state index contributed by atoms with van der Waals surface area (Å²) in [6.07, 6.45) is 2.23. The van der Waals surface area contributed by atoms with Gasteiger partial charge in [-0.1, -0.05) is 30.3 Å². The first-order valence-corrected chi connectivity index (χ1v) is 7.38. The summed E-state index contributed by atoms with van der Waals surface area (Å²) in [6, 6.07) is 17.7. The van der Waals surface area contributed by atoms with Crippen LogP contribution in [-0.4, -0.2) is 17.8 Å². The summed E-state index contributed by atoms with van der Waals surface area (Å²) in [5.74, 6) is 2.09. The second-order valence-electron chi connectivity index (χ2n) is 5.52. The Bertz CT molecular complexity index is 562. The van der Waals surface area contributed by atoms with Gasteiger partial charge in [0.1, 0.15) is 11.5 Å². The fourth-order valence-electron chi connectivity index (χ4n) is 2.50. The molecule has 21 heavy (non-hydrogen) atoms. The monoisotopic (exact) mass is 284 g/mol. The molecule has 0 bridgehead atoms. The molecule has 0 aromatic heterocycles. The van der Waals surface area contributed by atoms with E-state index in [1.807, 2.05) is 54.6 Å². The SMILES string of the molecule is OCC1CC(OCc2cccc(Oc3ccccc3)c2)C1. The topological polar surface area (TPSA) is 38.7 Å². The lowest BCUT2D eigenvalue weighted by molar-refractivity contribution is -0.0533. The third kappa shape index (κ3) is 3.84. The molecule has 0 heterocycles. The third-order valence-electron chi connectivity index (χ3n) is 3.81. The highest BCUT2D eigenvalue weighted by Crippen LogP contribution is 2.30. The molecule has 0 amide bonds. The van der Waals surface area contributed by atoms with E-state index in [1.165, 1.54) is 0 Å². The van der Waals surface area contributed by atoms with E-state index < -0.39 is 0 Å². The number of aliphatic hydroxyl groups excluding tert-OH is 1. The Labute approximate surface area is 125 Å². The first-order chi connectivity index (χ1) is 10.3. The Morgan fingerprint density at radius 1 is 0.952 bits per heavy atom. The molecule has 3 nitrogen and oxygen atoms in total. The number of hydrogen-bond acceptors (Lipinski definition) is 3. The first-order valence-electron chi connectivity index (χ1n) is 7.38. The zero-order chi connectivity index (χ0) is 14.5. The van der Waals surface area contributed by atoms with Crippen LogP contribution in [-0.2, 0) is 11.3 Å². The largest absolute Gasteiger partial charge is 0.457 e. The quantitative estimate of drug-likeness (QED) is 0.877. The van der Waals surface area contributed by atoms with Crippen LogP contribution >= 0.6 is 0 Å². The molecule has 0 aliphatic heterocycles. The number of aliphatic hydroxyl groups is 1. The molecular formula is C18H20O3. The van der Waals surface area contributed by atoms with E-state index >= 15 is 0 Å². The maximum absolute atomic E-state index is 8.99. The van der Waals surface area contributed by atoms with Gasteiger partial charge in [-0.15, -0.1) is 0 Å². The molecule has 0 radical (unpaired) electrons. The van der Waals surface area contributed by atoms with E-state index in [-0.39, 0.29) is 6.61 Å². The van der Waals surface area contributed by atoms with Crippen LogP contribution in [0.4, 0.5) is 0 Å². The van der Waals surface area contributed by atoms with Crippen molar-refractivity contribution in [1.29, 1.82) is 0 Å². The van der Waals surface area contributed by atoms with E-state index in [2.05, 4.69) is 0 Å². The van der Waals surface area contributed by atoms with Gasteiger partial charge in [0.25, 0.3) is 0 Å². The normalized spacial score (nSPS) is 20.8. The predicted molar refractivity (Wildman–Crippen MR) is 81.3 cm³/mol. The maximum Gasteiger partial charge on any atom is 0.127 e. The average molecular weight is 284 g/mol. The van der Waals surface area contributed by atoms with E-state index in [4.69, 9.17) is 14.6 Å². The smallest absolute Gasteiger partial charge is 0.127 e. The lowest BCUT2D eigenvalue weighted by Crippen LogP contribution is -2.33. The van der Waals surface area contributed by atoms with Crippen LogP contribution in [0.25, 0.3) is 0 Å². The van der Waals surface area contributed by atoms with Crippen LogP contribution in [0.1, 0.15) is 18.4 Å². The van der Waals surface area contributed by atoms with Crippen molar-refractivity contribution in [3.8, 4) is 11.5 Å². The van der Waals surface area contributed by atoms with E-state index in [9.17, 15) is 0 Å². The number of ether oxygens (including phenoxy) is 2. The number of benzene rings is 2. The lowest BCUT2D eigenvalue weighted by atomic mass is 9.83. The molecule has 3 rings (SSSR count). The fraction of sp³-hybridized carbons (Fsp3) is 0.333. The molecule has 3 heteroatoms. The molecule has 1 saturated carbocycles. The van der Waals surface area contributed by atoms with Gasteiger partial charge in [-0.25, -0.2) is 0 Å². The number of para-hydroxylation sites is 1. The van der Waals surface area contributed by atoms with Crippen LogP contribution in [0.5, 0.6) is 11.5 Å². The van der Waals surface area contributed by atoms with Crippen LogP contribution in [0.15, 0.2) is 54.6 Å². The van der Waals surface area contributed by atoms with Crippen molar-refractivity contribution in [3.63, 3.8) is 0 Å². The molecule has 110 valence electrons. The van der Waals surface area contributed by atoms with Gasteiger partial charge < -0.3 is 14.6 Å². The van der Waals surface area contributed by atoms with Crippen LogP contribution < -0.4 is 4.74 Å². The third-order valence-corrected chi connectivity index (χ3v) is 3.81. The summed E-state index contributed by atoms with van der Waals surface area (Å²) in [4.78, 5) is 0. The van der Waals surface area contributed by atoms with Gasteiger partial charge in [0.15, 0.2) is 0 Å². The second kappa shape index (κ2) is 6.74. The standard InChI is InChI=1S/C18H20O3/c19-12-15-10-18(11-15)20-13-14-5-4-8-17(9-14)21-16-6-2-1-3-7-16/h1-9,15,18-19H,10-13H2. The lowest BCUT2D eigenvalue weighted by Gasteiger charge is -2.33. The minimum Gasteiger partial charge on any atom is -0.457 e. The highest BCUT2D eigenvalue weighted by atomic mass is 16.5. The van der Waals surface area contributed by atoms with Gasteiger partial charge in [-0.05, 0) is 48.6 Å². The number of rotatable bonds is 6. The molecule has 0 unspecified atom stereocenters. The summed E-state index contributed by atoms with van der Waals surface area (Å²) in [5, 5.41) is 8.99. The highest BCUT2D eigenvalue weighted by molar-refractivity contribution is 5.33. The summed E-state index contributed by atoms with van der Waals surface area (Å²) >= 11 is 0. The summed E-state index contributed by atoms with van der Waals surface area (Å²) in [7, 11) is 0. The number of hydrogen-bond donors (Lipinski definition) is 1. The second-order valence-corrected chi connectivity index (χ2v) is 5.52. The van der Waals surface area contributed by atoms with Crippen LogP contribution in [0, 0.1) is 5.92 Å². The Morgan fingerprint density at radius 3 is 2.48 bits per heavy atom. The highest BCUT2D eigenvalue weighted by Gasteiger charge is 2.28. The minimum absolute atomic E-state index is 0.278. The molecule has 0 saturated heterocycles. The molecular weight excluding hydrogens is 264 g/mol. The van der Waals surface area contributed by atoms with Crippen molar-refractivity contribution in [2.45, 2.75) is 25.6 Å². The first kappa shape index (κ1) is 14.1. The van der Waals surface area contributed by atoms with E-state index in [0.29, 0.717) is 18.6 Å². The fourth-order valence-corrected chi connectivity index (χ4v) is 2.50. The predicted octanol–water partition coefficient (Wildman–Crippen LogP) is 3.77. The zero-order valence-corrected chi connectivity index (χ0v) is 11.9. The van der Waals surface area contributed by atoms with Crippen molar-refractivity contribution in [2.24, 2.45) is 5.92 Å². The molecule has 0 atom stereocenters. The van der Waals surface area contributed by atoms with Gasteiger partial charge in [0.2, 0.25) is 0 Å². The van der Waals surface area contributed by atoms with Gasteiger partial charge in [-0.3, -0.25) is 0 Å². The van der Waals surface area contributed by atoms with Gasteiger partial charge in [-0.2, -0.15) is 0 Å². The summed E-state index contributed by atoms with van der Waals surface area (Å²) in [5.41, 5.74) is 1.11. The average Bonchev–Trinajstić information content (AvgIpc) is 2.47. The Kier molecular flexibility index (Phi) is 4.53. The van der Waals surface area contributed by atoms with E-state index in [0.717, 1.165) is 29.9 Å². The molecule has 1 N–H and O–H groups in total. The Balaban J connectivity index is 1.54. The zero-order valence-electron chi connectivity index (χ0n) is 11.9. The molecule has 2 aromatic carbocycles. The molecule has 0 spiro atoms.